The molecule has 3 N–H and O–H groups in total. The van der Waals surface area contributed by atoms with Crippen LogP contribution >= 0.6 is 0 Å². The minimum atomic E-state index is -4.60. The standard InChI is InChI=1S/C13H10F3N5/c14-13(15,16)9-2-4-12(21-10(9)5-17)20-7-8-1-3-11(18)19-6-8/h1-4,6H,7H2,(H2,18,19)(H,20,21). The molecule has 0 saturated heterocycles. The Morgan fingerprint density at radius 1 is 1.24 bits per heavy atom. The maximum atomic E-state index is 12.6. The first-order valence-electron chi connectivity index (χ1n) is 5.83. The molecule has 21 heavy (non-hydrogen) atoms. The van der Waals surface area contributed by atoms with Crippen LogP contribution in [0.15, 0.2) is 30.5 Å². The lowest BCUT2D eigenvalue weighted by molar-refractivity contribution is -0.138. The highest BCUT2D eigenvalue weighted by molar-refractivity contribution is 5.44. The van der Waals surface area contributed by atoms with Gasteiger partial charge in [0.25, 0.3) is 0 Å². The zero-order chi connectivity index (χ0) is 15.5. The molecule has 0 amide bonds. The van der Waals surface area contributed by atoms with Gasteiger partial charge in [0.1, 0.15) is 17.7 Å². The first-order valence-corrected chi connectivity index (χ1v) is 5.83. The van der Waals surface area contributed by atoms with Crippen molar-refractivity contribution in [2.24, 2.45) is 0 Å². The summed E-state index contributed by atoms with van der Waals surface area (Å²) < 4.78 is 37.9. The van der Waals surface area contributed by atoms with Crippen LogP contribution in [0.1, 0.15) is 16.8 Å². The van der Waals surface area contributed by atoms with Crippen molar-refractivity contribution in [1.82, 2.24) is 9.97 Å². The van der Waals surface area contributed by atoms with Crippen LogP contribution in [0.25, 0.3) is 0 Å². The molecular weight excluding hydrogens is 283 g/mol. The van der Waals surface area contributed by atoms with E-state index in [2.05, 4.69) is 15.3 Å². The van der Waals surface area contributed by atoms with Gasteiger partial charge < -0.3 is 11.1 Å². The summed E-state index contributed by atoms with van der Waals surface area (Å²) >= 11 is 0. The van der Waals surface area contributed by atoms with Crippen molar-refractivity contribution in [2.45, 2.75) is 12.7 Å². The molecule has 0 bridgehead atoms. The van der Waals surface area contributed by atoms with E-state index in [0.717, 1.165) is 11.6 Å². The number of rotatable bonds is 3. The Labute approximate surface area is 118 Å². The number of nitrogens with one attached hydrogen (secondary N) is 1. The third kappa shape index (κ3) is 3.60. The SMILES string of the molecule is N#Cc1nc(NCc2ccc(N)nc2)ccc1C(F)(F)F. The first kappa shape index (κ1) is 14.6. The zero-order valence-corrected chi connectivity index (χ0v) is 10.6. The Hall–Kier alpha value is -2.82. The van der Waals surface area contributed by atoms with Crippen molar-refractivity contribution < 1.29 is 13.2 Å². The number of nitriles is 1. The van der Waals surface area contributed by atoms with Gasteiger partial charge in [-0.3, -0.25) is 0 Å². The molecule has 0 atom stereocenters. The van der Waals surface area contributed by atoms with Crippen LogP contribution in [0.3, 0.4) is 0 Å². The second kappa shape index (κ2) is 5.66. The molecule has 2 heterocycles. The van der Waals surface area contributed by atoms with Gasteiger partial charge in [0.2, 0.25) is 0 Å². The topological polar surface area (TPSA) is 87.6 Å². The van der Waals surface area contributed by atoms with E-state index in [4.69, 9.17) is 11.0 Å². The highest BCUT2D eigenvalue weighted by Crippen LogP contribution is 2.31. The molecule has 0 aliphatic heterocycles. The Bertz CT molecular complexity index is 674. The van der Waals surface area contributed by atoms with Gasteiger partial charge in [0, 0.05) is 12.7 Å². The number of pyridine rings is 2. The number of nitrogen functional groups attached to an aromatic ring is 1. The van der Waals surface area contributed by atoms with Gasteiger partial charge in [-0.1, -0.05) is 6.07 Å². The number of alkyl halides is 3. The number of nitrogens with zero attached hydrogens (tertiary/aromatic N) is 3. The number of halogens is 3. The van der Waals surface area contributed by atoms with Gasteiger partial charge in [-0.15, -0.1) is 0 Å². The first-order chi connectivity index (χ1) is 9.90. The van der Waals surface area contributed by atoms with Gasteiger partial charge in [0.05, 0.1) is 5.56 Å². The average Bonchev–Trinajstić information content (AvgIpc) is 2.45. The fourth-order valence-corrected chi connectivity index (χ4v) is 1.60. The molecule has 0 aliphatic rings. The molecule has 2 aromatic heterocycles. The van der Waals surface area contributed by atoms with E-state index in [1.807, 2.05) is 0 Å². The third-order valence-electron chi connectivity index (χ3n) is 2.63. The Morgan fingerprint density at radius 2 is 2.00 bits per heavy atom. The van der Waals surface area contributed by atoms with Crippen LogP contribution in [0.2, 0.25) is 0 Å². The lowest BCUT2D eigenvalue weighted by atomic mass is 10.2. The second-order valence-corrected chi connectivity index (χ2v) is 4.15. The van der Waals surface area contributed by atoms with Crippen molar-refractivity contribution in [3.63, 3.8) is 0 Å². The maximum absolute atomic E-state index is 12.6. The van der Waals surface area contributed by atoms with Crippen molar-refractivity contribution in [3.8, 4) is 6.07 Å². The summed E-state index contributed by atoms with van der Waals surface area (Å²) in [4.78, 5) is 7.54. The van der Waals surface area contributed by atoms with Gasteiger partial charge >= 0.3 is 6.18 Å². The van der Waals surface area contributed by atoms with Crippen LogP contribution in [-0.4, -0.2) is 9.97 Å². The van der Waals surface area contributed by atoms with Gasteiger partial charge in [0.15, 0.2) is 5.69 Å². The fraction of sp³-hybridized carbons (Fsp3) is 0.154. The predicted octanol–water partition coefficient (Wildman–Crippen LogP) is 2.56. The Balaban J connectivity index is 2.15. The highest BCUT2D eigenvalue weighted by atomic mass is 19.4. The molecule has 2 aromatic rings. The molecule has 8 heteroatoms. The van der Waals surface area contributed by atoms with Crippen molar-refractivity contribution in [3.05, 3.63) is 47.3 Å². The van der Waals surface area contributed by atoms with Gasteiger partial charge in [-0.05, 0) is 23.8 Å². The van der Waals surface area contributed by atoms with Crippen molar-refractivity contribution >= 4 is 11.6 Å². The third-order valence-corrected chi connectivity index (χ3v) is 2.63. The lowest BCUT2D eigenvalue weighted by Gasteiger charge is -2.10. The average molecular weight is 293 g/mol. The molecular formula is C13H10F3N5. The molecule has 0 saturated carbocycles. The quantitative estimate of drug-likeness (QED) is 0.908. The van der Waals surface area contributed by atoms with Crippen LogP contribution in [0.4, 0.5) is 24.8 Å². The second-order valence-electron chi connectivity index (χ2n) is 4.15. The van der Waals surface area contributed by atoms with Crippen LogP contribution in [-0.2, 0) is 12.7 Å². The van der Waals surface area contributed by atoms with Crippen molar-refractivity contribution in [2.75, 3.05) is 11.1 Å². The summed E-state index contributed by atoms with van der Waals surface area (Å²) in [5.74, 6) is 0.551. The number of nitrogens with two attached hydrogens (primary N) is 1. The number of aromatic nitrogens is 2. The monoisotopic (exact) mass is 293 g/mol. The van der Waals surface area contributed by atoms with Crippen LogP contribution in [0.5, 0.6) is 0 Å². The molecule has 0 fully saturated rings. The van der Waals surface area contributed by atoms with Crippen LogP contribution < -0.4 is 11.1 Å². The number of anilines is 2. The minimum Gasteiger partial charge on any atom is -0.384 e. The summed E-state index contributed by atoms with van der Waals surface area (Å²) in [6.07, 6.45) is -3.06. The summed E-state index contributed by atoms with van der Waals surface area (Å²) in [6, 6.07) is 6.79. The van der Waals surface area contributed by atoms with E-state index in [1.165, 1.54) is 18.3 Å². The van der Waals surface area contributed by atoms with E-state index in [-0.39, 0.29) is 5.82 Å². The Morgan fingerprint density at radius 3 is 2.57 bits per heavy atom. The maximum Gasteiger partial charge on any atom is 0.419 e. The largest absolute Gasteiger partial charge is 0.419 e. The minimum absolute atomic E-state index is 0.177. The molecule has 0 spiro atoms. The van der Waals surface area contributed by atoms with Gasteiger partial charge in [-0.2, -0.15) is 18.4 Å². The molecule has 0 unspecified atom stereocenters. The highest BCUT2D eigenvalue weighted by Gasteiger charge is 2.34. The smallest absolute Gasteiger partial charge is 0.384 e. The molecule has 0 aromatic carbocycles. The molecule has 108 valence electrons. The summed E-state index contributed by atoms with van der Waals surface area (Å²) in [5, 5.41) is 11.6. The van der Waals surface area contributed by atoms with E-state index in [9.17, 15) is 13.2 Å². The lowest BCUT2D eigenvalue weighted by Crippen LogP contribution is -2.11. The van der Waals surface area contributed by atoms with E-state index in [1.54, 1.807) is 12.1 Å². The molecule has 5 nitrogen and oxygen atoms in total. The van der Waals surface area contributed by atoms with Gasteiger partial charge in [-0.25, -0.2) is 9.97 Å². The van der Waals surface area contributed by atoms with Crippen molar-refractivity contribution in [1.29, 1.82) is 5.26 Å². The molecule has 0 radical (unpaired) electrons. The Kier molecular flexibility index (Phi) is 3.93. The normalized spacial score (nSPS) is 11.0. The summed E-state index contributed by atoms with van der Waals surface area (Å²) in [5.41, 5.74) is 4.51. The van der Waals surface area contributed by atoms with E-state index >= 15 is 0 Å². The number of hydrogen-bond donors (Lipinski definition) is 2. The van der Waals surface area contributed by atoms with E-state index in [0.29, 0.717) is 12.4 Å². The van der Waals surface area contributed by atoms with E-state index < -0.39 is 17.4 Å². The molecule has 0 aliphatic carbocycles. The number of hydrogen-bond acceptors (Lipinski definition) is 5. The molecule has 2 rings (SSSR count). The zero-order valence-electron chi connectivity index (χ0n) is 10.6. The fourth-order valence-electron chi connectivity index (χ4n) is 1.60. The summed E-state index contributed by atoms with van der Waals surface area (Å²) in [7, 11) is 0. The van der Waals surface area contributed by atoms with Crippen LogP contribution in [0, 0.1) is 11.3 Å². The summed E-state index contributed by atoms with van der Waals surface area (Å²) in [6.45, 7) is 0.302. The predicted molar refractivity (Wildman–Crippen MR) is 69.9 cm³/mol.